The van der Waals surface area contributed by atoms with E-state index in [0.717, 1.165) is 85.4 Å². The molecular weight excluding hydrogens is 2230 g/mol. The molecule has 5 saturated heterocycles. The molecule has 13 nitrogen and oxygen atoms in total. The number of aromatic hydroxyl groups is 2. The van der Waals surface area contributed by atoms with E-state index < -0.39 is 5.82 Å². The maximum atomic E-state index is 13.1. The van der Waals surface area contributed by atoms with E-state index in [2.05, 4.69) is 392 Å². The standard InChI is InChI=1S/C21H33BrN2.C19H29BrN2.C19H32ClN3.C12H18ClN.C11H14Br2.C10H14FN.C10H15N.C9H10Br2O.C9H11FO.CH4.H3N/c1-21(2,3)18-5-6-20(19(22)15-18)24-13-9-17(10-14-24)16-7-11-23(4)12-8-16;1-15(2)16-6-7-19(18(20)14-16)22-12-8-17(9-13-22)21-10-4-3-5-11-21;1-19(2,3)16-7-8-18(17(20)15-16)23-13-11-22(12-14-23)10-6-9-21(4)5;1-12(2,3)9-6-7-11(14(4)5)10(13)8-9;1-7-9(12)5-8(6-10(7)13)11(2,3)4;1-6(2)8-4-7(3)10(12)9(11)5-8;1-8(2)10-5-3-9(7-11)4-6-10;1-5(2)6-3-7(10)9(12)8(11)4-6;1-6(2)7-3-4-9(11)8(10)5-7;;/h5-6,15-17H,7-14H2,1-4H3;6-7,14-15,17H,3-5,8-13H2,1-2H3;7-8,15H,6,9-14H2,1-5H3;6-8H,1-5H3;5-6H,1-4H3;4-6H,12H2,1-3H3;3-6,8H,7,11H2,1-2H3;3-5,12H,1-2H3;3-6,11H,1-2H3;1H4;1H3. The Labute approximate surface area is 933 Å². The number of phenolic OH excluding ortho intramolecular Hbond substituents is 2. The summed E-state index contributed by atoms with van der Waals surface area (Å²) in [4.78, 5) is 19.7. The van der Waals surface area contributed by atoms with Crippen molar-refractivity contribution < 1.29 is 19.0 Å². The molecular formula is C121H183Br6Cl2F2N11O2. The quantitative estimate of drug-likeness (QED) is 0.0584. The van der Waals surface area contributed by atoms with Crippen molar-refractivity contribution in [3.63, 3.8) is 0 Å². The van der Waals surface area contributed by atoms with Gasteiger partial charge in [0.15, 0.2) is 11.6 Å². The first kappa shape index (κ1) is 131. The zero-order valence-corrected chi connectivity index (χ0v) is 103. The summed E-state index contributed by atoms with van der Waals surface area (Å²) in [6, 6.07) is 52.1. The van der Waals surface area contributed by atoms with Gasteiger partial charge in [0, 0.05) is 96.9 Å². The van der Waals surface area contributed by atoms with Gasteiger partial charge < -0.3 is 62.1 Å². The minimum absolute atomic E-state index is 0. The molecule has 5 heterocycles. The van der Waals surface area contributed by atoms with Gasteiger partial charge in [-0.15, -0.1) is 0 Å². The van der Waals surface area contributed by atoms with Gasteiger partial charge in [-0.05, 0) is 417 Å². The highest BCUT2D eigenvalue weighted by Gasteiger charge is 2.32. The van der Waals surface area contributed by atoms with E-state index in [-0.39, 0.29) is 58.2 Å². The molecule has 14 rings (SSSR count). The van der Waals surface area contributed by atoms with Gasteiger partial charge in [0.25, 0.3) is 0 Å². The van der Waals surface area contributed by atoms with Crippen molar-refractivity contribution in [1.82, 2.24) is 25.8 Å². The Morgan fingerprint density at radius 2 is 0.799 bits per heavy atom. The van der Waals surface area contributed by atoms with Crippen LogP contribution in [0.4, 0.5) is 37.2 Å². The molecule has 5 aliphatic heterocycles. The Kier molecular flexibility index (Phi) is 56.4. The maximum absolute atomic E-state index is 13.1. The van der Waals surface area contributed by atoms with Gasteiger partial charge in [-0.25, -0.2) is 8.78 Å². The van der Waals surface area contributed by atoms with Crippen LogP contribution in [0, 0.1) is 37.3 Å². The lowest BCUT2D eigenvalue weighted by atomic mass is 9.79. The van der Waals surface area contributed by atoms with Gasteiger partial charge in [0.1, 0.15) is 11.6 Å². The van der Waals surface area contributed by atoms with E-state index >= 15 is 0 Å². The molecule has 9 aromatic carbocycles. The topological polar surface area (TPSA) is 153 Å². The van der Waals surface area contributed by atoms with Crippen LogP contribution in [-0.2, 0) is 28.2 Å². The predicted molar refractivity (Wildman–Crippen MR) is 648 cm³/mol. The fourth-order valence-corrected chi connectivity index (χ4v) is 22.0. The number of nitrogens with zero attached hydrogens (tertiary/aromatic N) is 8. The maximum Gasteiger partial charge on any atom is 0.165 e. The molecule has 0 atom stereocenters. The highest BCUT2D eigenvalue weighted by molar-refractivity contribution is 9.11. The first-order valence-electron chi connectivity index (χ1n) is 51.7. The second-order valence-corrected chi connectivity index (χ2v) is 51.4. The number of hydrogen-bond acceptors (Lipinski definition) is 13. The summed E-state index contributed by atoms with van der Waals surface area (Å²) >= 11 is 34.1. The van der Waals surface area contributed by atoms with E-state index in [9.17, 15) is 13.9 Å². The summed E-state index contributed by atoms with van der Waals surface area (Å²) in [7, 11) is 10.5. The summed E-state index contributed by atoms with van der Waals surface area (Å²) in [5.74, 6) is 3.36. The number of phenols is 2. The molecule has 144 heavy (non-hydrogen) atoms. The number of piperidine rings is 4. The number of likely N-dealkylation sites (tertiary alicyclic amines) is 2. The molecule has 0 unspecified atom stereocenters. The number of rotatable bonds is 16. The third kappa shape index (κ3) is 43.1. The predicted octanol–water partition coefficient (Wildman–Crippen LogP) is 35.2. The minimum Gasteiger partial charge on any atom is -0.506 e. The Hall–Kier alpha value is -5.34. The van der Waals surface area contributed by atoms with Crippen LogP contribution in [0.5, 0.6) is 11.5 Å². The number of benzene rings is 9. The number of aryl methyl sites for hydroxylation is 1. The minimum atomic E-state index is -0.545. The normalized spacial score (nSPS) is 15.3. The van der Waals surface area contributed by atoms with E-state index in [1.807, 2.05) is 71.8 Å². The van der Waals surface area contributed by atoms with Crippen molar-refractivity contribution in [2.45, 2.75) is 302 Å². The van der Waals surface area contributed by atoms with E-state index in [4.69, 9.17) is 39.8 Å². The summed E-state index contributed by atoms with van der Waals surface area (Å²) in [6.07, 6.45) is 13.7. The third-order valence-electron chi connectivity index (χ3n) is 27.8. The van der Waals surface area contributed by atoms with Crippen LogP contribution >= 0.6 is 119 Å². The van der Waals surface area contributed by atoms with E-state index in [1.54, 1.807) is 6.07 Å². The molecule has 0 saturated carbocycles. The van der Waals surface area contributed by atoms with Crippen LogP contribution in [0.1, 0.15) is 320 Å². The first-order chi connectivity index (χ1) is 66.3. The average molecular weight is 2410 g/mol. The van der Waals surface area contributed by atoms with Crippen molar-refractivity contribution in [3.8, 4) is 11.5 Å². The highest BCUT2D eigenvalue weighted by atomic mass is 79.9. The van der Waals surface area contributed by atoms with Crippen molar-refractivity contribution in [3.05, 3.63) is 267 Å². The fourth-order valence-electron chi connectivity index (χ4n) is 17.7. The Morgan fingerprint density at radius 3 is 1.22 bits per heavy atom. The molecule has 5 fully saturated rings. The Morgan fingerprint density at radius 1 is 0.417 bits per heavy atom. The van der Waals surface area contributed by atoms with Crippen LogP contribution in [-0.4, -0.2) is 163 Å². The Balaban J connectivity index is 0.000000343. The van der Waals surface area contributed by atoms with Gasteiger partial charge in [0.2, 0.25) is 0 Å². The second kappa shape index (κ2) is 62.0. The van der Waals surface area contributed by atoms with E-state index in [1.165, 1.54) is 233 Å². The average Bonchev–Trinajstić information content (AvgIpc) is 0.836. The summed E-state index contributed by atoms with van der Waals surface area (Å²) in [5.41, 5.74) is 31.4. The number of halogens is 10. The summed E-state index contributed by atoms with van der Waals surface area (Å²) < 4.78 is 32.1. The van der Waals surface area contributed by atoms with E-state index in [0.29, 0.717) is 36.1 Å². The zero-order chi connectivity index (χ0) is 106. The monoisotopic (exact) mass is 2400 g/mol. The van der Waals surface area contributed by atoms with Crippen molar-refractivity contribution in [2.24, 2.45) is 17.6 Å². The molecule has 0 aromatic heterocycles. The highest BCUT2D eigenvalue weighted by Crippen LogP contribution is 2.42. The molecule has 0 bridgehead atoms. The number of nitrogens with two attached hydrogens (primary N) is 2. The van der Waals surface area contributed by atoms with Crippen molar-refractivity contribution in [2.75, 3.05) is 152 Å². The van der Waals surface area contributed by atoms with Crippen LogP contribution in [0.15, 0.2) is 178 Å². The van der Waals surface area contributed by atoms with Gasteiger partial charge in [-0.2, -0.15) is 0 Å². The zero-order valence-electron chi connectivity index (χ0n) is 92.3. The molecule has 9 aromatic rings. The van der Waals surface area contributed by atoms with Crippen LogP contribution < -0.4 is 37.2 Å². The Bertz CT molecular complexity index is 5170. The number of anilines is 5. The summed E-state index contributed by atoms with van der Waals surface area (Å²) in [5, 5.41) is 20.0. The van der Waals surface area contributed by atoms with Crippen LogP contribution in [0.2, 0.25) is 10.0 Å². The molecule has 804 valence electrons. The molecule has 0 aliphatic carbocycles. The molecule has 5 aliphatic rings. The third-order valence-corrected chi connectivity index (χ3v) is 32.5. The van der Waals surface area contributed by atoms with Gasteiger partial charge in [-0.1, -0.05) is 282 Å². The molecule has 23 heteroatoms. The van der Waals surface area contributed by atoms with Crippen LogP contribution in [0.25, 0.3) is 0 Å². The lowest BCUT2D eigenvalue weighted by molar-refractivity contribution is 0.141. The molecule has 9 N–H and O–H groups in total. The van der Waals surface area contributed by atoms with Gasteiger partial charge >= 0.3 is 0 Å². The lowest BCUT2D eigenvalue weighted by Crippen LogP contribution is -2.47. The molecule has 0 amide bonds. The van der Waals surface area contributed by atoms with Gasteiger partial charge in [-0.3, -0.25) is 4.90 Å². The molecule has 0 radical (unpaired) electrons. The SMILES string of the molecule is C.CC(C)c1cc(Br)c(O)c(Br)c1.CC(C)c1ccc(CN)cc1.CC(C)c1ccc(N2CCC(N3CCCCC3)CC2)c(Br)c1.CC(C)c1ccc(O)c(F)c1.CN(C)CCCN1CCN(c2ccc(C(C)(C)C)cc2Cl)CC1.CN(C)c1ccc(C(C)(C)C)cc1Cl.CN1CCC(C2CCN(c3ccc(C(C)(C)C)cc3Br)CC2)CC1.Cc1c(Br)cc(C(C)(C)C)cc1Br.Cc1cc(C(C)C)cc(F)c1N.N. The lowest BCUT2D eigenvalue weighted by Gasteiger charge is -2.41. The van der Waals surface area contributed by atoms with Crippen molar-refractivity contribution in [1.29, 1.82) is 0 Å². The molecule has 0 spiro atoms. The number of nitrogen functional groups attached to an aromatic ring is 1. The van der Waals surface area contributed by atoms with Crippen LogP contribution in [0.3, 0.4) is 0 Å². The number of piperazine rings is 1. The smallest absolute Gasteiger partial charge is 0.165 e. The fraction of sp³-hybridized carbons (Fsp3) is 0.554. The second-order valence-electron chi connectivity index (χ2n) is 45.4. The van der Waals surface area contributed by atoms with Crippen molar-refractivity contribution >= 4 is 147 Å². The number of hydrogen-bond donors (Lipinski definition) is 5. The largest absolute Gasteiger partial charge is 0.506 e. The first-order valence-corrected chi connectivity index (χ1v) is 57.2. The van der Waals surface area contributed by atoms with Gasteiger partial charge in [0.05, 0.1) is 47.4 Å². The summed E-state index contributed by atoms with van der Waals surface area (Å²) in [6.45, 7) is 69.3.